The van der Waals surface area contributed by atoms with Gasteiger partial charge in [-0.25, -0.2) is 9.89 Å². The van der Waals surface area contributed by atoms with Crippen molar-refractivity contribution < 1.29 is 28.6 Å². The molecule has 3 amide bonds. The molecule has 0 spiro atoms. The third kappa shape index (κ3) is 5.91. The number of hydrogen-bond donors (Lipinski definition) is 2. The number of anilines is 1. The van der Waals surface area contributed by atoms with Crippen LogP contribution >= 0.6 is 11.8 Å². The molecule has 220 valence electrons. The van der Waals surface area contributed by atoms with Gasteiger partial charge in [0.2, 0.25) is 18.6 Å². The lowest BCUT2D eigenvalue weighted by atomic mass is 10.1. The number of para-hydroxylation sites is 1. The largest absolute Gasteiger partial charge is 0.497 e. The van der Waals surface area contributed by atoms with Gasteiger partial charge in [-0.3, -0.25) is 19.4 Å². The van der Waals surface area contributed by atoms with Crippen molar-refractivity contribution in [2.24, 2.45) is 9.98 Å². The van der Waals surface area contributed by atoms with Crippen molar-refractivity contribution in [3.63, 3.8) is 0 Å². The van der Waals surface area contributed by atoms with Gasteiger partial charge in [0.25, 0.3) is 5.91 Å². The first kappa shape index (κ1) is 28.3. The first-order chi connectivity index (χ1) is 20.9. The molecule has 3 heterocycles. The quantitative estimate of drug-likeness (QED) is 0.376. The maximum atomic E-state index is 13.7. The van der Waals surface area contributed by atoms with Crippen LogP contribution in [0.15, 0.2) is 76.7 Å². The molecular formula is C31H29N5O6S. The highest BCUT2D eigenvalue weighted by atomic mass is 32.2. The van der Waals surface area contributed by atoms with Crippen molar-refractivity contribution in [3.05, 3.63) is 77.9 Å². The number of carbonyl (C=O) groups is 3. The Balaban J connectivity index is 1.16. The highest BCUT2D eigenvalue weighted by Crippen LogP contribution is 2.36. The van der Waals surface area contributed by atoms with Gasteiger partial charge in [-0.15, -0.1) is 0 Å². The van der Waals surface area contributed by atoms with E-state index in [0.717, 1.165) is 5.56 Å². The Bertz CT molecular complexity index is 1660. The van der Waals surface area contributed by atoms with Gasteiger partial charge in [0.15, 0.2) is 16.7 Å². The average molecular weight is 600 g/mol. The van der Waals surface area contributed by atoms with Gasteiger partial charge >= 0.3 is 0 Å². The molecule has 2 atom stereocenters. The molecule has 2 N–H and O–H groups in total. The van der Waals surface area contributed by atoms with Crippen LogP contribution in [0.1, 0.15) is 30.9 Å². The Morgan fingerprint density at radius 1 is 1.09 bits per heavy atom. The topological polar surface area (TPSA) is 131 Å². The van der Waals surface area contributed by atoms with Crippen molar-refractivity contribution in [3.8, 4) is 17.2 Å². The van der Waals surface area contributed by atoms with Crippen LogP contribution in [-0.4, -0.2) is 58.8 Å². The first-order valence-corrected chi connectivity index (χ1v) is 14.7. The second-order valence-electron chi connectivity index (χ2n) is 9.96. The minimum atomic E-state index is -0.922. The number of ether oxygens (including phenoxy) is 3. The zero-order valence-electron chi connectivity index (χ0n) is 23.5. The van der Waals surface area contributed by atoms with E-state index in [1.807, 2.05) is 43.3 Å². The summed E-state index contributed by atoms with van der Waals surface area (Å²) in [6, 6.07) is 19.0. The van der Waals surface area contributed by atoms with E-state index in [0.29, 0.717) is 51.6 Å². The first-order valence-electron chi connectivity index (χ1n) is 13.8. The fourth-order valence-corrected chi connectivity index (χ4v) is 5.91. The molecule has 3 aromatic rings. The summed E-state index contributed by atoms with van der Waals surface area (Å²) in [5.41, 5.74) is 2.78. The second kappa shape index (κ2) is 12.2. The van der Waals surface area contributed by atoms with Gasteiger partial charge in [0, 0.05) is 23.9 Å². The number of rotatable bonds is 9. The van der Waals surface area contributed by atoms with Crippen molar-refractivity contribution >= 4 is 51.9 Å². The zero-order valence-corrected chi connectivity index (χ0v) is 24.3. The van der Waals surface area contributed by atoms with Crippen LogP contribution in [0.3, 0.4) is 0 Å². The van der Waals surface area contributed by atoms with E-state index in [2.05, 4.69) is 15.6 Å². The highest BCUT2D eigenvalue weighted by Gasteiger charge is 2.43. The smallest absolute Gasteiger partial charge is 0.259 e. The summed E-state index contributed by atoms with van der Waals surface area (Å²) in [5.74, 6) is 1.44. The molecule has 12 heteroatoms. The Morgan fingerprint density at radius 3 is 2.77 bits per heavy atom. The number of benzene rings is 3. The number of carbonyl (C=O) groups excluding carboxylic acids is 3. The molecule has 0 unspecified atom stereocenters. The molecule has 0 saturated carbocycles. The fourth-order valence-electron chi connectivity index (χ4n) is 4.89. The number of amidine groups is 2. The second-order valence-corrected chi connectivity index (χ2v) is 11.1. The SMILES string of the molecule is CC[C@@H](SC1=Nc2ccccc2C2=N[C@@H](CC(=O)NCc3ccc4c(c3)OCO4)C(=O)N12)C(=O)Nc1cccc(OC)c1. The van der Waals surface area contributed by atoms with Crippen LogP contribution in [0, 0.1) is 0 Å². The van der Waals surface area contributed by atoms with E-state index in [4.69, 9.17) is 19.2 Å². The summed E-state index contributed by atoms with van der Waals surface area (Å²) in [6.07, 6.45) is 0.359. The molecular weight excluding hydrogens is 570 g/mol. The van der Waals surface area contributed by atoms with Crippen LogP contribution < -0.4 is 24.8 Å². The maximum Gasteiger partial charge on any atom is 0.259 e. The van der Waals surface area contributed by atoms with E-state index in [-0.39, 0.29) is 37.5 Å². The van der Waals surface area contributed by atoms with Gasteiger partial charge in [-0.2, -0.15) is 0 Å². The Hall–Kier alpha value is -4.84. The molecule has 0 radical (unpaired) electrons. The summed E-state index contributed by atoms with van der Waals surface area (Å²) in [4.78, 5) is 50.7. The number of amides is 3. The van der Waals surface area contributed by atoms with E-state index in [1.54, 1.807) is 37.4 Å². The van der Waals surface area contributed by atoms with Crippen molar-refractivity contribution in [2.75, 3.05) is 19.2 Å². The summed E-state index contributed by atoms with van der Waals surface area (Å²) in [6.45, 7) is 2.33. The molecule has 6 rings (SSSR count). The van der Waals surface area contributed by atoms with Gasteiger partial charge in [0.1, 0.15) is 17.6 Å². The summed E-state index contributed by atoms with van der Waals surface area (Å²) in [7, 11) is 1.56. The molecule has 0 fully saturated rings. The molecule has 43 heavy (non-hydrogen) atoms. The summed E-state index contributed by atoms with van der Waals surface area (Å²) < 4.78 is 16.0. The maximum absolute atomic E-state index is 13.7. The lowest BCUT2D eigenvalue weighted by Crippen LogP contribution is -2.43. The molecule has 3 aromatic carbocycles. The Morgan fingerprint density at radius 2 is 1.93 bits per heavy atom. The third-order valence-corrected chi connectivity index (χ3v) is 8.42. The third-order valence-electron chi connectivity index (χ3n) is 7.10. The number of nitrogens with zero attached hydrogens (tertiary/aromatic N) is 3. The van der Waals surface area contributed by atoms with Crippen molar-refractivity contribution in [2.45, 2.75) is 37.6 Å². The zero-order chi connectivity index (χ0) is 29.9. The lowest BCUT2D eigenvalue weighted by Gasteiger charge is -2.27. The van der Waals surface area contributed by atoms with Gasteiger partial charge in [0.05, 0.1) is 24.5 Å². The number of thioether (sulfide) groups is 1. The Labute approximate surface area is 252 Å². The monoisotopic (exact) mass is 599 g/mol. The Kier molecular flexibility index (Phi) is 8.01. The standard InChI is InChI=1S/C31H29N5O6S/c1-3-26(29(38)33-19-7-6-8-20(14-19)40-2)43-31-35-22-10-5-4-9-21(22)28-34-23(30(39)36(28)31)15-27(37)32-16-18-11-12-24-25(13-18)42-17-41-24/h4-14,23,26H,3,15-17H2,1-2H3,(H,32,37)(H,33,38)/t23-,26+/m0/s1. The van der Waals surface area contributed by atoms with E-state index in [1.165, 1.54) is 16.7 Å². The van der Waals surface area contributed by atoms with Crippen LogP contribution in [-0.2, 0) is 20.9 Å². The number of hydrogen-bond acceptors (Lipinski definition) is 9. The molecule has 3 aliphatic rings. The van der Waals surface area contributed by atoms with Crippen LogP contribution in [0.25, 0.3) is 0 Å². The van der Waals surface area contributed by atoms with E-state index in [9.17, 15) is 14.4 Å². The van der Waals surface area contributed by atoms with Crippen molar-refractivity contribution in [1.29, 1.82) is 0 Å². The minimum absolute atomic E-state index is 0.128. The van der Waals surface area contributed by atoms with Crippen molar-refractivity contribution in [1.82, 2.24) is 10.2 Å². The number of nitrogens with one attached hydrogen (secondary N) is 2. The predicted molar refractivity (Wildman–Crippen MR) is 163 cm³/mol. The predicted octanol–water partition coefficient (Wildman–Crippen LogP) is 4.24. The molecule has 3 aliphatic heterocycles. The van der Waals surface area contributed by atoms with Gasteiger partial charge < -0.3 is 24.8 Å². The van der Waals surface area contributed by atoms with Crippen LogP contribution in [0.4, 0.5) is 11.4 Å². The summed E-state index contributed by atoms with van der Waals surface area (Å²) >= 11 is 1.19. The van der Waals surface area contributed by atoms with Crippen LogP contribution in [0.5, 0.6) is 17.2 Å². The number of fused-ring (bicyclic) bond motifs is 4. The van der Waals surface area contributed by atoms with Gasteiger partial charge in [-0.1, -0.05) is 43.0 Å². The number of methoxy groups -OCH3 is 1. The highest BCUT2D eigenvalue weighted by molar-refractivity contribution is 8.15. The molecule has 0 bridgehead atoms. The van der Waals surface area contributed by atoms with E-state index >= 15 is 0 Å². The van der Waals surface area contributed by atoms with Gasteiger partial charge in [-0.05, 0) is 48.4 Å². The average Bonchev–Trinajstić information content (AvgIpc) is 3.63. The normalized spacial score (nSPS) is 16.9. The molecule has 0 aromatic heterocycles. The summed E-state index contributed by atoms with van der Waals surface area (Å²) in [5, 5.41) is 5.59. The fraction of sp³-hybridized carbons (Fsp3) is 0.258. The van der Waals surface area contributed by atoms with Crippen LogP contribution in [0.2, 0.25) is 0 Å². The minimum Gasteiger partial charge on any atom is -0.497 e. The lowest BCUT2D eigenvalue weighted by molar-refractivity contribution is -0.128. The molecule has 11 nitrogen and oxygen atoms in total. The van der Waals surface area contributed by atoms with E-state index < -0.39 is 11.3 Å². The molecule has 0 saturated heterocycles. The molecule has 0 aliphatic carbocycles. The number of aliphatic imine (C=N–C) groups is 2.